The maximum atomic E-state index is 12.1. The van der Waals surface area contributed by atoms with Gasteiger partial charge in [0.05, 0.1) is 0 Å². The van der Waals surface area contributed by atoms with Crippen LogP contribution in [-0.2, 0) is 15.0 Å². The summed E-state index contributed by atoms with van der Waals surface area (Å²) < 4.78 is 27.6. The second-order valence-corrected chi connectivity index (χ2v) is 6.03. The van der Waals surface area contributed by atoms with Crippen LogP contribution >= 0.6 is 0 Å². The number of hydrogen-bond donors (Lipinski definition) is 2. The van der Waals surface area contributed by atoms with Crippen LogP contribution in [0.4, 0.5) is 0 Å². The molecule has 0 bridgehead atoms. The smallest absolute Gasteiger partial charge is 0.322 e. The second-order valence-electron chi connectivity index (χ2n) is 4.38. The lowest BCUT2D eigenvalue weighted by Gasteiger charge is -2.32. The molecule has 1 heterocycles. The van der Waals surface area contributed by atoms with Gasteiger partial charge in [0.25, 0.3) is 10.2 Å². The van der Waals surface area contributed by atoms with Crippen LogP contribution < -0.4 is 4.72 Å². The maximum absolute atomic E-state index is 12.1. The molecule has 0 aromatic rings. The molecule has 6 nitrogen and oxygen atoms in total. The lowest BCUT2D eigenvalue weighted by Crippen LogP contribution is -2.52. The normalized spacial score (nSPS) is 23.2. The molecule has 2 N–H and O–H groups in total. The minimum atomic E-state index is -3.79. The van der Waals surface area contributed by atoms with E-state index in [1.807, 2.05) is 6.92 Å². The summed E-state index contributed by atoms with van der Waals surface area (Å²) in [5.41, 5.74) is 0. The molecule has 0 saturated carbocycles. The first kappa shape index (κ1) is 15.0. The summed E-state index contributed by atoms with van der Waals surface area (Å²) in [5, 5.41) is 8.89. The molecule has 0 amide bonds. The molecule has 0 aromatic heterocycles. The molecule has 0 spiro atoms. The van der Waals surface area contributed by atoms with Crippen LogP contribution in [0.2, 0.25) is 0 Å². The minimum Gasteiger partial charge on any atom is -0.480 e. The van der Waals surface area contributed by atoms with Crippen molar-refractivity contribution >= 4 is 16.2 Å². The Bertz CT molecular complexity index is 440. The van der Waals surface area contributed by atoms with E-state index in [2.05, 4.69) is 10.6 Å². The Hall–Kier alpha value is -1.10. The molecule has 1 aliphatic heterocycles. The third kappa shape index (κ3) is 3.70. The van der Waals surface area contributed by atoms with E-state index in [-0.39, 0.29) is 12.5 Å². The van der Waals surface area contributed by atoms with Gasteiger partial charge < -0.3 is 5.11 Å². The molecule has 0 aliphatic carbocycles. The van der Waals surface area contributed by atoms with Crippen molar-refractivity contribution in [3.8, 4) is 12.3 Å². The first-order valence-corrected chi connectivity index (χ1v) is 7.28. The van der Waals surface area contributed by atoms with E-state index in [9.17, 15) is 13.2 Å². The van der Waals surface area contributed by atoms with Crippen molar-refractivity contribution in [1.82, 2.24) is 9.03 Å². The van der Waals surface area contributed by atoms with Crippen LogP contribution in [0.3, 0.4) is 0 Å². The van der Waals surface area contributed by atoms with Gasteiger partial charge >= 0.3 is 5.97 Å². The highest BCUT2D eigenvalue weighted by molar-refractivity contribution is 7.87. The number of nitrogens with zero attached hydrogens (tertiary/aromatic N) is 1. The fourth-order valence-electron chi connectivity index (χ4n) is 1.97. The van der Waals surface area contributed by atoms with Crippen LogP contribution in [0.1, 0.15) is 32.6 Å². The van der Waals surface area contributed by atoms with Crippen molar-refractivity contribution in [2.24, 2.45) is 0 Å². The van der Waals surface area contributed by atoms with Gasteiger partial charge in [-0.15, -0.1) is 12.3 Å². The Kier molecular flexibility index (Phi) is 5.14. The zero-order valence-corrected chi connectivity index (χ0v) is 11.1. The van der Waals surface area contributed by atoms with Crippen molar-refractivity contribution < 1.29 is 18.3 Å². The van der Waals surface area contributed by atoms with Crippen molar-refractivity contribution in [1.29, 1.82) is 0 Å². The number of carboxylic acid groups (broad SMARTS) is 1. The second kappa shape index (κ2) is 6.18. The van der Waals surface area contributed by atoms with Crippen LogP contribution in [0.25, 0.3) is 0 Å². The quantitative estimate of drug-likeness (QED) is 0.700. The summed E-state index contributed by atoms with van der Waals surface area (Å²) >= 11 is 0. The molecule has 0 aromatic carbocycles. The van der Waals surface area contributed by atoms with E-state index in [1.54, 1.807) is 0 Å². The van der Waals surface area contributed by atoms with Crippen molar-refractivity contribution in [2.75, 3.05) is 6.54 Å². The summed E-state index contributed by atoms with van der Waals surface area (Å²) in [6, 6.07) is -1.38. The number of aliphatic carboxylic acids is 1. The van der Waals surface area contributed by atoms with Crippen molar-refractivity contribution in [2.45, 2.75) is 44.7 Å². The predicted molar refractivity (Wildman–Crippen MR) is 66.9 cm³/mol. The molecule has 2 unspecified atom stereocenters. The molecule has 102 valence electrons. The summed E-state index contributed by atoms with van der Waals surface area (Å²) in [6.07, 6.45) is 7.42. The molecule has 1 fully saturated rings. The molecule has 1 rings (SSSR count). The van der Waals surface area contributed by atoms with Gasteiger partial charge in [-0.2, -0.15) is 17.4 Å². The van der Waals surface area contributed by atoms with E-state index >= 15 is 0 Å². The monoisotopic (exact) mass is 274 g/mol. The van der Waals surface area contributed by atoms with E-state index < -0.39 is 22.2 Å². The summed E-state index contributed by atoms with van der Waals surface area (Å²) in [4.78, 5) is 10.9. The zero-order chi connectivity index (χ0) is 13.8. The minimum absolute atomic E-state index is 0.114. The largest absolute Gasteiger partial charge is 0.480 e. The summed E-state index contributed by atoms with van der Waals surface area (Å²) in [7, 11) is -3.79. The molecule has 18 heavy (non-hydrogen) atoms. The van der Waals surface area contributed by atoms with Gasteiger partial charge in [-0.1, -0.05) is 6.42 Å². The Morgan fingerprint density at radius 3 is 2.78 bits per heavy atom. The Balaban J connectivity index is 2.79. The Morgan fingerprint density at radius 1 is 1.61 bits per heavy atom. The lowest BCUT2D eigenvalue weighted by molar-refractivity contribution is -0.138. The van der Waals surface area contributed by atoms with Gasteiger partial charge in [0.2, 0.25) is 0 Å². The number of rotatable bonds is 5. The van der Waals surface area contributed by atoms with Crippen molar-refractivity contribution in [3.63, 3.8) is 0 Å². The average molecular weight is 274 g/mol. The summed E-state index contributed by atoms with van der Waals surface area (Å²) in [6.45, 7) is 2.23. The highest BCUT2D eigenvalue weighted by Gasteiger charge is 2.32. The van der Waals surface area contributed by atoms with Crippen LogP contribution in [-0.4, -0.2) is 42.4 Å². The Labute approximate surface area is 108 Å². The Morgan fingerprint density at radius 2 is 2.28 bits per heavy atom. The van der Waals surface area contributed by atoms with Crippen LogP contribution in [0.15, 0.2) is 0 Å². The van der Waals surface area contributed by atoms with Gasteiger partial charge in [-0.3, -0.25) is 4.79 Å². The fourth-order valence-corrected chi connectivity index (χ4v) is 3.60. The maximum Gasteiger partial charge on any atom is 0.322 e. The first-order valence-electron chi connectivity index (χ1n) is 5.84. The number of nitrogens with one attached hydrogen (secondary N) is 1. The molecule has 1 aliphatic rings. The molecule has 0 radical (unpaired) electrons. The van der Waals surface area contributed by atoms with E-state index in [0.29, 0.717) is 6.54 Å². The van der Waals surface area contributed by atoms with E-state index in [4.69, 9.17) is 11.5 Å². The average Bonchev–Trinajstić information content (AvgIpc) is 2.28. The molecular formula is C11H18N2O4S. The van der Waals surface area contributed by atoms with Crippen LogP contribution in [0.5, 0.6) is 0 Å². The molecule has 1 saturated heterocycles. The van der Waals surface area contributed by atoms with E-state index in [0.717, 1.165) is 19.3 Å². The molecular weight excluding hydrogens is 256 g/mol. The number of terminal acetylenes is 1. The fraction of sp³-hybridized carbons (Fsp3) is 0.727. The van der Waals surface area contributed by atoms with Gasteiger partial charge in [0.1, 0.15) is 6.04 Å². The number of carboxylic acids is 1. The zero-order valence-electron chi connectivity index (χ0n) is 10.3. The highest BCUT2D eigenvalue weighted by atomic mass is 32.2. The lowest BCUT2D eigenvalue weighted by atomic mass is 10.1. The third-order valence-corrected chi connectivity index (χ3v) is 4.70. The van der Waals surface area contributed by atoms with E-state index in [1.165, 1.54) is 4.31 Å². The van der Waals surface area contributed by atoms with Gasteiger partial charge in [0, 0.05) is 19.0 Å². The molecule has 2 atom stereocenters. The van der Waals surface area contributed by atoms with Crippen molar-refractivity contribution in [3.05, 3.63) is 0 Å². The standard InChI is InChI=1S/C11H18N2O4S/c1-3-6-10(11(14)15)12-18(16,17)13-8-5-4-7-9(13)2/h1,9-10,12H,4-8H2,2H3,(H,14,15). The number of carbonyl (C=O) groups is 1. The highest BCUT2D eigenvalue weighted by Crippen LogP contribution is 2.19. The third-order valence-electron chi connectivity index (χ3n) is 2.96. The SMILES string of the molecule is C#CCC(NS(=O)(=O)N1CCCCC1C)C(=O)O. The van der Waals surface area contributed by atoms with Gasteiger partial charge in [-0.05, 0) is 19.8 Å². The van der Waals surface area contributed by atoms with Gasteiger partial charge in [0.15, 0.2) is 0 Å². The summed E-state index contributed by atoms with van der Waals surface area (Å²) in [5.74, 6) is 0.897. The molecule has 7 heteroatoms. The first-order chi connectivity index (χ1) is 8.38. The van der Waals surface area contributed by atoms with Crippen LogP contribution in [0, 0.1) is 12.3 Å². The predicted octanol–water partition coefficient (Wildman–Crippen LogP) is 0.172. The number of piperidine rings is 1. The topological polar surface area (TPSA) is 86.7 Å². The van der Waals surface area contributed by atoms with Gasteiger partial charge in [-0.25, -0.2) is 0 Å². The number of hydrogen-bond acceptors (Lipinski definition) is 3.